The Labute approximate surface area is 141 Å². The standard InChI is InChI=1S/C19H23NO4/c1-13-6-2-5-9-17(13)23-10-11-24-19(22)16-12-14-7-3-4-8-15(14)18(21)20-16/h3-4,7-8,12-13,17H,2,5-6,9-11H2,1H3,(H,20,21)/t13-,17-/m0/s1. The highest BCUT2D eigenvalue weighted by Gasteiger charge is 2.21. The van der Waals surface area contributed by atoms with Crippen LogP contribution in [0.25, 0.3) is 10.8 Å². The predicted octanol–water partition coefficient (Wildman–Crippen LogP) is 3.28. The summed E-state index contributed by atoms with van der Waals surface area (Å²) in [5.41, 5.74) is -0.114. The van der Waals surface area contributed by atoms with E-state index in [9.17, 15) is 9.59 Å². The number of rotatable bonds is 5. The van der Waals surface area contributed by atoms with Crippen molar-refractivity contribution < 1.29 is 14.3 Å². The monoisotopic (exact) mass is 329 g/mol. The quantitative estimate of drug-likeness (QED) is 0.675. The molecule has 24 heavy (non-hydrogen) atoms. The van der Waals surface area contributed by atoms with Crippen molar-refractivity contribution in [2.75, 3.05) is 13.2 Å². The van der Waals surface area contributed by atoms with E-state index < -0.39 is 5.97 Å². The van der Waals surface area contributed by atoms with Crippen LogP contribution in [0.5, 0.6) is 0 Å². The highest BCUT2D eigenvalue weighted by atomic mass is 16.6. The summed E-state index contributed by atoms with van der Waals surface area (Å²) in [4.78, 5) is 26.7. The predicted molar refractivity (Wildman–Crippen MR) is 92.2 cm³/mol. The maximum Gasteiger partial charge on any atom is 0.354 e. The number of hydrogen-bond acceptors (Lipinski definition) is 4. The van der Waals surface area contributed by atoms with Crippen LogP contribution in [0.1, 0.15) is 43.1 Å². The van der Waals surface area contributed by atoms with Crippen molar-refractivity contribution >= 4 is 16.7 Å². The van der Waals surface area contributed by atoms with Crippen LogP contribution in [-0.2, 0) is 9.47 Å². The lowest BCUT2D eigenvalue weighted by Crippen LogP contribution is -2.27. The Kier molecular flexibility index (Phi) is 5.30. The second-order valence-corrected chi connectivity index (χ2v) is 6.41. The summed E-state index contributed by atoms with van der Waals surface area (Å²) in [7, 11) is 0. The minimum atomic E-state index is -0.529. The summed E-state index contributed by atoms with van der Waals surface area (Å²) in [5.74, 6) is 0.0319. The SMILES string of the molecule is C[C@H]1CCCC[C@@H]1OCCOC(=O)c1cc2ccccc2c(=O)[nH]1. The highest BCUT2D eigenvalue weighted by molar-refractivity contribution is 5.92. The number of hydrogen-bond donors (Lipinski definition) is 1. The van der Waals surface area contributed by atoms with E-state index in [-0.39, 0.29) is 24.0 Å². The van der Waals surface area contributed by atoms with Crippen LogP contribution >= 0.6 is 0 Å². The molecule has 0 spiro atoms. The Morgan fingerprint density at radius 3 is 2.83 bits per heavy atom. The molecule has 128 valence electrons. The molecule has 0 aliphatic heterocycles. The van der Waals surface area contributed by atoms with Crippen LogP contribution in [0, 0.1) is 5.92 Å². The van der Waals surface area contributed by atoms with Crippen LogP contribution in [-0.4, -0.2) is 30.3 Å². The van der Waals surface area contributed by atoms with E-state index >= 15 is 0 Å². The van der Waals surface area contributed by atoms with Crippen molar-refractivity contribution in [1.29, 1.82) is 0 Å². The average molecular weight is 329 g/mol. The van der Waals surface area contributed by atoms with Gasteiger partial charge in [0.1, 0.15) is 12.3 Å². The number of carbonyl (C=O) groups is 1. The van der Waals surface area contributed by atoms with Crippen LogP contribution in [0.4, 0.5) is 0 Å². The zero-order chi connectivity index (χ0) is 16.9. The zero-order valence-electron chi connectivity index (χ0n) is 13.9. The van der Waals surface area contributed by atoms with Crippen molar-refractivity contribution in [3.05, 3.63) is 46.4 Å². The van der Waals surface area contributed by atoms with E-state index in [1.54, 1.807) is 24.3 Å². The number of nitrogens with one attached hydrogen (secondary N) is 1. The minimum absolute atomic E-state index is 0.171. The number of carbonyl (C=O) groups excluding carboxylic acids is 1. The Morgan fingerprint density at radius 2 is 2.00 bits per heavy atom. The Morgan fingerprint density at radius 1 is 1.21 bits per heavy atom. The fourth-order valence-corrected chi connectivity index (χ4v) is 3.26. The van der Waals surface area contributed by atoms with Gasteiger partial charge in [-0.1, -0.05) is 38.0 Å². The molecule has 0 saturated heterocycles. The molecule has 1 aliphatic carbocycles. The summed E-state index contributed by atoms with van der Waals surface area (Å²) in [5, 5.41) is 1.28. The van der Waals surface area contributed by atoms with Gasteiger partial charge in [0.2, 0.25) is 0 Å². The molecule has 0 bridgehead atoms. The average Bonchev–Trinajstić information content (AvgIpc) is 2.60. The minimum Gasteiger partial charge on any atom is -0.459 e. The molecule has 1 aromatic carbocycles. The normalized spacial score (nSPS) is 20.9. The van der Waals surface area contributed by atoms with Crippen LogP contribution in [0.15, 0.2) is 35.1 Å². The van der Waals surface area contributed by atoms with E-state index in [1.807, 2.05) is 6.07 Å². The van der Waals surface area contributed by atoms with Crippen molar-refractivity contribution in [3.63, 3.8) is 0 Å². The molecule has 1 aliphatic rings. The molecule has 1 N–H and O–H groups in total. The molecule has 3 rings (SSSR count). The molecule has 0 radical (unpaired) electrons. The first-order valence-corrected chi connectivity index (χ1v) is 8.56. The van der Waals surface area contributed by atoms with Crippen molar-refractivity contribution in [2.24, 2.45) is 5.92 Å². The number of ether oxygens (including phenoxy) is 2. The fraction of sp³-hybridized carbons (Fsp3) is 0.474. The van der Waals surface area contributed by atoms with Gasteiger partial charge < -0.3 is 14.5 Å². The number of fused-ring (bicyclic) bond motifs is 1. The van der Waals surface area contributed by atoms with Gasteiger partial charge in [0.15, 0.2) is 0 Å². The molecule has 2 atom stereocenters. The lowest BCUT2D eigenvalue weighted by atomic mass is 9.88. The molecule has 0 unspecified atom stereocenters. The van der Waals surface area contributed by atoms with Gasteiger partial charge in [0.25, 0.3) is 5.56 Å². The van der Waals surface area contributed by atoms with Gasteiger partial charge in [-0.3, -0.25) is 4.79 Å². The maximum absolute atomic E-state index is 12.1. The first-order valence-electron chi connectivity index (χ1n) is 8.56. The summed E-state index contributed by atoms with van der Waals surface area (Å²) in [6, 6.07) is 8.79. The lowest BCUT2D eigenvalue weighted by Gasteiger charge is -2.28. The van der Waals surface area contributed by atoms with Crippen LogP contribution in [0.2, 0.25) is 0 Å². The topological polar surface area (TPSA) is 68.4 Å². The summed E-state index contributed by atoms with van der Waals surface area (Å²) < 4.78 is 11.1. The number of benzene rings is 1. The van der Waals surface area contributed by atoms with Gasteiger partial charge in [-0.2, -0.15) is 0 Å². The number of esters is 1. The smallest absolute Gasteiger partial charge is 0.354 e. The fourth-order valence-electron chi connectivity index (χ4n) is 3.26. The molecule has 5 heteroatoms. The third kappa shape index (κ3) is 3.85. The third-order valence-electron chi connectivity index (χ3n) is 4.65. The van der Waals surface area contributed by atoms with E-state index in [1.165, 1.54) is 19.3 Å². The van der Waals surface area contributed by atoms with Crippen molar-refractivity contribution in [2.45, 2.75) is 38.7 Å². The molecule has 1 heterocycles. The van der Waals surface area contributed by atoms with E-state index in [4.69, 9.17) is 9.47 Å². The summed E-state index contributed by atoms with van der Waals surface area (Å²) in [6.07, 6.45) is 5.01. The summed E-state index contributed by atoms with van der Waals surface area (Å²) >= 11 is 0. The van der Waals surface area contributed by atoms with Gasteiger partial charge in [-0.25, -0.2) is 4.79 Å². The highest BCUT2D eigenvalue weighted by Crippen LogP contribution is 2.26. The second-order valence-electron chi connectivity index (χ2n) is 6.41. The van der Waals surface area contributed by atoms with Crippen LogP contribution in [0.3, 0.4) is 0 Å². The number of aromatic nitrogens is 1. The molecular formula is C19H23NO4. The van der Waals surface area contributed by atoms with Crippen LogP contribution < -0.4 is 5.56 Å². The molecule has 1 saturated carbocycles. The van der Waals surface area contributed by atoms with Gasteiger partial charge in [0, 0.05) is 5.39 Å². The van der Waals surface area contributed by atoms with E-state index in [0.29, 0.717) is 17.9 Å². The zero-order valence-corrected chi connectivity index (χ0v) is 13.9. The first kappa shape index (κ1) is 16.7. The number of H-pyrrole nitrogens is 1. The maximum atomic E-state index is 12.1. The van der Waals surface area contributed by atoms with Crippen molar-refractivity contribution in [3.8, 4) is 0 Å². The van der Waals surface area contributed by atoms with E-state index in [2.05, 4.69) is 11.9 Å². The molecule has 1 aromatic heterocycles. The van der Waals surface area contributed by atoms with Gasteiger partial charge in [0.05, 0.1) is 12.7 Å². The van der Waals surface area contributed by atoms with Gasteiger partial charge in [-0.05, 0) is 36.3 Å². The van der Waals surface area contributed by atoms with E-state index in [0.717, 1.165) is 11.8 Å². The van der Waals surface area contributed by atoms with Crippen molar-refractivity contribution in [1.82, 2.24) is 4.98 Å². The number of pyridine rings is 1. The molecular weight excluding hydrogens is 306 g/mol. The second kappa shape index (κ2) is 7.62. The van der Waals surface area contributed by atoms with Gasteiger partial charge >= 0.3 is 5.97 Å². The Hall–Kier alpha value is -2.14. The largest absolute Gasteiger partial charge is 0.459 e. The number of aromatic amines is 1. The molecule has 0 amide bonds. The lowest BCUT2D eigenvalue weighted by molar-refractivity contribution is -0.0272. The Bertz CT molecular complexity index is 767. The summed E-state index contributed by atoms with van der Waals surface area (Å²) in [6.45, 7) is 2.78. The van der Waals surface area contributed by atoms with Gasteiger partial charge in [-0.15, -0.1) is 0 Å². The molecule has 1 fully saturated rings. The molecule has 2 aromatic rings. The molecule has 5 nitrogen and oxygen atoms in total. The Balaban J connectivity index is 1.54. The third-order valence-corrected chi connectivity index (χ3v) is 4.65. The first-order chi connectivity index (χ1) is 11.6.